The first-order valence-electron chi connectivity index (χ1n) is 10.6. The standard InChI is InChI=1S/C25H21N5O3/c1-16-8-7-14-29-22(16)27-21(17-9-3-2-4-10-17)23(29)26-20(31)13-15-30-25(33)19-12-6-5-11-18(19)24(32)28-30/h2-12,14H,13,15H2,1H3,(H,26,31)(H,28,32). The van der Waals surface area contributed by atoms with Gasteiger partial charge in [-0.05, 0) is 30.7 Å². The Morgan fingerprint density at radius 3 is 2.48 bits per heavy atom. The predicted molar refractivity (Wildman–Crippen MR) is 127 cm³/mol. The number of hydrogen-bond acceptors (Lipinski definition) is 4. The normalized spacial score (nSPS) is 11.2. The van der Waals surface area contributed by atoms with Gasteiger partial charge in [0.1, 0.15) is 17.2 Å². The Balaban J connectivity index is 1.45. The molecule has 0 radical (unpaired) electrons. The van der Waals surface area contributed by atoms with Crippen molar-refractivity contribution in [2.24, 2.45) is 0 Å². The van der Waals surface area contributed by atoms with Gasteiger partial charge in [0.25, 0.3) is 11.1 Å². The number of anilines is 1. The molecule has 2 aromatic carbocycles. The number of aromatic nitrogens is 4. The predicted octanol–water partition coefficient (Wildman–Crippen LogP) is 3.34. The van der Waals surface area contributed by atoms with E-state index in [0.29, 0.717) is 22.3 Å². The number of H-pyrrole nitrogens is 1. The Hall–Kier alpha value is -4.46. The van der Waals surface area contributed by atoms with E-state index < -0.39 is 0 Å². The van der Waals surface area contributed by atoms with Gasteiger partial charge in [-0.25, -0.2) is 9.67 Å². The molecule has 0 aliphatic carbocycles. The number of amides is 1. The van der Waals surface area contributed by atoms with Gasteiger partial charge in [-0.1, -0.05) is 48.5 Å². The van der Waals surface area contributed by atoms with Crippen molar-refractivity contribution < 1.29 is 4.79 Å². The van der Waals surface area contributed by atoms with Gasteiger partial charge < -0.3 is 5.32 Å². The van der Waals surface area contributed by atoms with Crippen molar-refractivity contribution in [2.45, 2.75) is 19.9 Å². The number of imidazole rings is 1. The summed E-state index contributed by atoms with van der Waals surface area (Å²) in [4.78, 5) is 42.7. The van der Waals surface area contributed by atoms with E-state index in [1.807, 2.05) is 60.0 Å². The molecular weight excluding hydrogens is 418 g/mol. The smallest absolute Gasteiger partial charge is 0.273 e. The van der Waals surface area contributed by atoms with Crippen molar-refractivity contribution in [1.82, 2.24) is 19.2 Å². The first kappa shape index (κ1) is 20.4. The molecule has 1 amide bonds. The van der Waals surface area contributed by atoms with Crippen LogP contribution in [0.4, 0.5) is 5.82 Å². The molecule has 0 unspecified atom stereocenters. The van der Waals surface area contributed by atoms with Gasteiger partial charge in [0.05, 0.1) is 17.3 Å². The molecular formula is C25H21N5O3. The zero-order valence-corrected chi connectivity index (χ0v) is 17.9. The lowest BCUT2D eigenvalue weighted by molar-refractivity contribution is -0.116. The van der Waals surface area contributed by atoms with Crippen molar-refractivity contribution in [3.8, 4) is 11.3 Å². The molecule has 3 heterocycles. The number of fused-ring (bicyclic) bond motifs is 2. The molecule has 0 aliphatic heterocycles. The van der Waals surface area contributed by atoms with Gasteiger partial charge in [-0.2, -0.15) is 0 Å². The third-order valence-corrected chi connectivity index (χ3v) is 5.60. The molecule has 0 fully saturated rings. The summed E-state index contributed by atoms with van der Waals surface area (Å²) in [6.07, 6.45) is 1.85. The first-order valence-corrected chi connectivity index (χ1v) is 10.6. The van der Waals surface area contributed by atoms with Crippen LogP contribution in [0, 0.1) is 6.92 Å². The molecule has 8 nitrogen and oxygen atoms in total. The van der Waals surface area contributed by atoms with Crippen LogP contribution in [0.1, 0.15) is 12.0 Å². The number of hydrogen-bond donors (Lipinski definition) is 2. The zero-order valence-electron chi connectivity index (χ0n) is 17.9. The summed E-state index contributed by atoms with van der Waals surface area (Å²) in [6, 6.07) is 20.1. The Labute approximate surface area is 188 Å². The van der Waals surface area contributed by atoms with Crippen molar-refractivity contribution in [3.63, 3.8) is 0 Å². The molecule has 5 aromatic rings. The number of aromatic amines is 1. The number of carbonyl (C=O) groups excluding carboxylic acids is 1. The summed E-state index contributed by atoms with van der Waals surface area (Å²) >= 11 is 0. The largest absolute Gasteiger partial charge is 0.310 e. The molecule has 164 valence electrons. The highest BCUT2D eigenvalue weighted by atomic mass is 16.2. The minimum absolute atomic E-state index is 0.00145. The number of carbonyl (C=O) groups is 1. The van der Waals surface area contributed by atoms with E-state index in [0.717, 1.165) is 16.8 Å². The van der Waals surface area contributed by atoms with Gasteiger partial charge in [0, 0.05) is 18.2 Å². The number of nitrogens with zero attached hydrogens (tertiary/aromatic N) is 3. The lowest BCUT2D eigenvalue weighted by atomic mass is 10.1. The highest BCUT2D eigenvalue weighted by Gasteiger charge is 2.17. The lowest BCUT2D eigenvalue weighted by Gasteiger charge is -2.10. The van der Waals surface area contributed by atoms with Gasteiger partial charge in [0.15, 0.2) is 0 Å². The SMILES string of the molecule is Cc1cccn2c(NC(=O)CCn3[nH]c(=O)c4ccccc4c3=O)c(-c3ccccc3)nc12. The van der Waals surface area contributed by atoms with Crippen molar-refractivity contribution in [1.29, 1.82) is 0 Å². The van der Waals surface area contributed by atoms with E-state index in [2.05, 4.69) is 10.4 Å². The summed E-state index contributed by atoms with van der Waals surface area (Å²) in [5.41, 5.74) is 2.57. The van der Waals surface area contributed by atoms with Gasteiger partial charge in [0.2, 0.25) is 5.91 Å². The summed E-state index contributed by atoms with van der Waals surface area (Å²) in [6.45, 7) is 2.01. The van der Waals surface area contributed by atoms with Gasteiger partial charge in [-0.15, -0.1) is 0 Å². The minimum Gasteiger partial charge on any atom is -0.310 e. The van der Waals surface area contributed by atoms with Crippen molar-refractivity contribution in [2.75, 3.05) is 5.32 Å². The molecule has 0 aliphatic rings. The maximum Gasteiger partial charge on any atom is 0.273 e. The third kappa shape index (κ3) is 3.71. The summed E-state index contributed by atoms with van der Waals surface area (Å²) < 4.78 is 3.03. The maximum atomic E-state index is 12.9. The van der Waals surface area contributed by atoms with Crippen LogP contribution in [-0.2, 0) is 11.3 Å². The molecule has 0 saturated heterocycles. The van der Waals surface area contributed by atoms with Crippen LogP contribution in [0.3, 0.4) is 0 Å². The topological polar surface area (TPSA) is 101 Å². The van der Waals surface area contributed by atoms with Crippen LogP contribution in [0.2, 0.25) is 0 Å². The number of rotatable bonds is 5. The molecule has 3 aromatic heterocycles. The Kier molecular flexibility index (Phi) is 5.10. The summed E-state index contributed by atoms with van der Waals surface area (Å²) in [7, 11) is 0. The molecule has 0 saturated carbocycles. The fourth-order valence-corrected chi connectivity index (χ4v) is 3.93. The Morgan fingerprint density at radius 1 is 0.970 bits per heavy atom. The molecule has 0 atom stereocenters. The van der Waals surface area contributed by atoms with Crippen LogP contribution in [-0.4, -0.2) is 25.1 Å². The van der Waals surface area contributed by atoms with E-state index in [1.54, 1.807) is 24.3 Å². The molecule has 33 heavy (non-hydrogen) atoms. The van der Waals surface area contributed by atoms with E-state index in [1.165, 1.54) is 4.68 Å². The monoisotopic (exact) mass is 439 g/mol. The summed E-state index contributed by atoms with van der Waals surface area (Å²) in [5, 5.41) is 6.17. The Bertz CT molecular complexity index is 1610. The highest BCUT2D eigenvalue weighted by Crippen LogP contribution is 2.29. The Morgan fingerprint density at radius 2 is 1.70 bits per heavy atom. The van der Waals surface area contributed by atoms with Gasteiger partial charge >= 0.3 is 0 Å². The van der Waals surface area contributed by atoms with Crippen LogP contribution in [0.25, 0.3) is 27.7 Å². The molecule has 2 N–H and O–H groups in total. The van der Waals surface area contributed by atoms with E-state index in [-0.39, 0.29) is 30.0 Å². The second-order valence-electron chi connectivity index (χ2n) is 7.80. The van der Waals surface area contributed by atoms with Crippen LogP contribution < -0.4 is 16.4 Å². The average Bonchev–Trinajstić information content (AvgIpc) is 3.20. The second-order valence-corrected chi connectivity index (χ2v) is 7.80. The van der Waals surface area contributed by atoms with Crippen LogP contribution in [0.15, 0.2) is 82.5 Å². The number of pyridine rings is 1. The van der Waals surface area contributed by atoms with E-state index in [9.17, 15) is 14.4 Å². The number of aryl methyl sites for hydroxylation is 2. The van der Waals surface area contributed by atoms with Crippen molar-refractivity contribution in [3.05, 3.63) is 99.2 Å². The lowest BCUT2D eigenvalue weighted by Crippen LogP contribution is -2.31. The van der Waals surface area contributed by atoms with Crippen LogP contribution in [0.5, 0.6) is 0 Å². The van der Waals surface area contributed by atoms with E-state index in [4.69, 9.17) is 4.98 Å². The molecule has 5 rings (SSSR count). The first-order chi connectivity index (χ1) is 16.0. The number of benzene rings is 2. The summed E-state index contributed by atoms with van der Waals surface area (Å²) in [5.74, 6) is 0.264. The highest BCUT2D eigenvalue weighted by molar-refractivity contribution is 5.94. The molecule has 0 spiro atoms. The van der Waals surface area contributed by atoms with E-state index >= 15 is 0 Å². The average molecular weight is 439 g/mol. The van der Waals surface area contributed by atoms with Crippen molar-refractivity contribution >= 4 is 28.1 Å². The molecule has 8 heteroatoms. The fraction of sp³-hybridized carbons (Fsp3) is 0.120. The quantitative estimate of drug-likeness (QED) is 0.439. The van der Waals surface area contributed by atoms with Crippen LogP contribution >= 0.6 is 0 Å². The molecule has 0 bridgehead atoms. The number of nitrogens with one attached hydrogen (secondary N) is 2. The minimum atomic E-state index is -0.366. The van der Waals surface area contributed by atoms with Gasteiger partial charge in [-0.3, -0.25) is 23.9 Å². The second kappa shape index (κ2) is 8.23. The zero-order chi connectivity index (χ0) is 22.9. The third-order valence-electron chi connectivity index (χ3n) is 5.60. The fourth-order valence-electron chi connectivity index (χ4n) is 3.93. The maximum absolute atomic E-state index is 12.9.